The fraction of sp³-hybridized carbons (Fsp3) is 0.312. The molecule has 116 valence electrons. The van der Waals surface area contributed by atoms with Crippen molar-refractivity contribution in [1.29, 1.82) is 0 Å². The first-order valence-electron chi connectivity index (χ1n) is 7.24. The molecule has 0 saturated carbocycles. The highest BCUT2D eigenvalue weighted by Gasteiger charge is 2.29. The van der Waals surface area contributed by atoms with Gasteiger partial charge < -0.3 is 10.2 Å². The molecule has 0 aliphatic carbocycles. The molecule has 0 bridgehead atoms. The van der Waals surface area contributed by atoms with E-state index in [1.165, 1.54) is 6.08 Å². The highest BCUT2D eigenvalue weighted by molar-refractivity contribution is 7.80. The Morgan fingerprint density at radius 2 is 2.18 bits per heavy atom. The van der Waals surface area contributed by atoms with E-state index in [9.17, 15) is 9.59 Å². The highest BCUT2D eigenvalue weighted by atomic mass is 32.1. The number of nitrogens with one attached hydrogen (secondary N) is 2. The molecule has 6 heteroatoms. The van der Waals surface area contributed by atoms with Crippen molar-refractivity contribution in [2.24, 2.45) is 0 Å². The largest absolute Gasteiger partial charge is 0.353 e. The molecule has 1 aromatic carbocycles. The second-order valence-electron chi connectivity index (χ2n) is 4.95. The van der Waals surface area contributed by atoms with Crippen LogP contribution in [0.1, 0.15) is 18.9 Å². The maximum Gasteiger partial charge on any atom is 0.250 e. The fourth-order valence-corrected chi connectivity index (χ4v) is 2.64. The lowest BCUT2D eigenvalue weighted by Crippen LogP contribution is -2.59. The number of amides is 2. The van der Waals surface area contributed by atoms with Crippen molar-refractivity contribution in [2.75, 3.05) is 13.1 Å². The maximum absolute atomic E-state index is 11.9. The second-order valence-corrected chi connectivity index (χ2v) is 5.33. The van der Waals surface area contributed by atoms with Crippen LogP contribution in [-0.2, 0) is 9.59 Å². The van der Waals surface area contributed by atoms with Crippen LogP contribution in [0, 0.1) is 0 Å². The van der Waals surface area contributed by atoms with Crippen molar-refractivity contribution >= 4 is 35.2 Å². The van der Waals surface area contributed by atoms with Gasteiger partial charge in [-0.2, -0.15) is 0 Å². The fourth-order valence-electron chi connectivity index (χ4n) is 2.32. The van der Waals surface area contributed by atoms with Crippen LogP contribution in [0.5, 0.6) is 0 Å². The average molecular weight is 317 g/mol. The Kier molecular flexibility index (Phi) is 5.66. The van der Waals surface area contributed by atoms with Crippen molar-refractivity contribution in [3.8, 4) is 0 Å². The minimum absolute atomic E-state index is 0.0508. The van der Waals surface area contributed by atoms with Crippen molar-refractivity contribution in [1.82, 2.24) is 15.5 Å². The van der Waals surface area contributed by atoms with E-state index in [1.54, 1.807) is 11.0 Å². The smallest absolute Gasteiger partial charge is 0.250 e. The third-order valence-electron chi connectivity index (χ3n) is 3.44. The first-order chi connectivity index (χ1) is 10.6. The molecule has 0 unspecified atom stereocenters. The Balaban J connectivity index is 1.94. The predicted molar refractivity (Wildman–Crippen MR) is 90.0 cm³/mol. The van der Waals surface area contributed by atoms with Crippen LogP contribution in [0.4, 0.5) is 0 Å². The lowest BCUT2D eigenvalue weighted by atomic mass is 10.1. The molecule has 0 aromatic heterocycles. The van der Waals surface area contributed by atoms with Gasteiger partial charge in [0, 0.05) is 19.2 Å². The second kappa shape index (κ2) is 7.70. The first kappa shape index (κ1) is 16.2. The first-order valence-corrected chi connectivity index (χ1v) is 7.65. The Morgan fingerprint density at radius 3 is 2.86 bits per heavy atom. The lowest BCUT2D eigenvalue weighted by Gasteiger charge is -2.36. The van der Waals surface area contributed by atoms with Crippen molar-refractivity contribution in [2.45, 2.75) is 19.4 Å². The molecule has 1 atom stereocenters. The van der Waals surface area contributed by atoms with Gasteiger partial charge in [0.25, 0.3) is 0 Å². The third-order valence-corrected chi connectivity index (χ3v) is 3.77. The van der Waals surface area contributed by atoms with Crippen LogP contribution in [0.3, 0.4) is 0 Å². The summed E-state index contributed by atoms with van der Waals surface area (Å²) in [7, 11) is 0. The van der Waals surface area contributed by atoms with Crippen LogP contribution >= 0.6 is 12.2 Å². The minimum Gasteiger partial charge on any atom is -0.353 e. The number of thiocarbonyl (C=S) groups is 1. The topological polar surface area (TPSA) is 61.4 Å². The van der Waals surface area contributed by atoms with E-state index < -0.39 is 0 Å². The number of carbonyl (C=O) groups is 2. The van der Waals surface area contributed by atoms with Gasteiger partial charge in [0.2, 0.25) is 11.8 Å². The van der Waals surface area contributed by atoms with Crippen LogP contribution in [-0.4, -0.2) is 41.0 Å². The highest BCUT2D eigenvalue weighted by Crippen LogP contribution is 2.09. The van der Waals surface area contributed by atoms with Crippen molar-refractivity contribution < 1.29 is 9.59 Å². The van der Waals surface area contributed by atoms with Gasteiger partial charge in [-0.3, -0.25) is 14.9 Å². The SMILES string of the molecule is CC[C@@H]1C(=O)NCCN1C(=S)NC(=O)/C=C\c1ccccc1. The number of piperazine rings is 1. The summed E-state index contributed by atoms with van der Waals surface area (Å²) in [6.07, 6.45) is 3.80. The molecule has 1 saturated heterocycles. The molecule has 0 radical (unpaired) electrons. The molecule has 1 aromatic rings. The molecule has 1 fully saturated rings. The lowest BCUT2D eigenvalue weighted by molar-refractivity contribution is -0.127. The molecule has 0 spiro atoms. The van der Waals surface area contributed by atoms with Gasteiger partial charge >= 0.3 is 0 Å². The zero-order chi connectivity index (χ0) is 15.9. The van der Waals surface area contributed by atoms with E-state index in [0.717, 1.165) is 5.56 Å². The number of benzene rings is 1. The normalized spacial score (nSPS) is 18.1. The van der Waals surface area contributed by atoms with Crippen LogP contribution in [0.15, 0.2) is 36.4 Å². The van der Waals surface area contributed by atoms with Crippen LogP contribution in [0.25, 0.3) is 6.08 Å². The molecule has 1 aliphatic heterocycles. The summed E-state index contributed by atoms with van der Waals surface area (Å²) < 4.78 is 0. The van der Waals surface area contributed by atoms with Gasteiger partial charge in [-0.25, -0.2) is 0 Å². The molecule has 5 nitrogen and oxygen atoms in total. The van der Waals surface area contributed by atoms with E-state index in [2.05, 4.69) is 10.6 Å². The zero-order valence-corrected chi connectivity index (χ0v) is 13.2. The van der Waals surface area contributed by atoms with Crippen LogP contribution < -0.4 is 10.6 Å². The summed E-state index contributed by atoms with van der Waals surface area (Å²) in [6, 6.07) is 9.22. The zero-order valence-electron chi connectivity index (χ0n) is 12.4. The number of hydrogen-bond donors (Lipinski definition) is 2. The Hall–Kier alpha value is -2.21. The van der Waals surface area contributed by atoms with Gasteiger partial charge in [0.05, 0.1) is 0 Å². The standard InChI is InChI=1S/C16H19N3O2S/c1-2-13-15(21)17-10-11-19(13)16(22)18-14(20)9-8-12-6-4-3-5-7-12/h3-9,13H,2,10-11H2,1H3,(H,17,21)(H,18,20,22)/b9-8-/t13-/m1/s1. The number of hydrogen-bond acceptors (Lipinski definition) is 3. The summed E-state index contributed by atoms with van der Waals surface area (Å²) >= 11 is 5.26. The maximum atomic E-state index is 11.9. The molecule has 1 aliphatic rings. The quantitative estimate of drug-likeness (QED) is 0.652. The number of carbonyl (C=O) groups excluding carboxylic acids is 2. The minimum atomic E-state index is -0.320. The molecule has 2 rings (SSSR count). The van der Waals surface area contributed by atoms with Gasteiger partial charge in [-0.1, -0.05) is 37.3 Å². The van der Waals surface area contributed by atoms with Gasteiger partial charge in [0.15, 0.2) is 5.11 Å². The van der Waals surface area contributed by atoms with E-state index in [0.29, 0.717) is 24.6 Å². The predicted octanol–water partition coefficient (Wildman–Crippen LogP) is 1.31. The summed E-state index contributed by atoms with van der Waals surface area (Å²) in [5, 5.41) is 5.75. The molecular formula is C16H19N3O2S. The Morgan fingerprint density at radius 1 is 1.45 bits per heavy atom. The number of nitrogens with zero attached hydrogens (tertiary/aromatic N) is 1. The monoisotopic (exact) mass is 317 g/mol. The third kappa shape index (κ3) is 4.14. The summed E-state index contributed by atoms with van der Waals surface area (Å²) in [4.78, 5) is 25.5. The van der Waals surface area contributed by atoms with Gasteiger partial charge in [0.1, 0.15) is 6.04 Å². The van der Waals surface area contributed by atoms with E-state index in [1.807, 2.05) is 37.3 Å². The number of rotatable bonds is 3. The van der Waals surface area contributed by atoms with Gasteiger partial charge in [-0.05, 0) is 30.3 Å². The molecule has 22 heavy (non-hydrogen) atoms. The molecule has 2 amide bonds. The Labute approximate surface area is 135 Å². The molecular weight excluding hydrogens is 298 g/mol. The molecule has 2 N–H and O–H groups in total. The molecule has 1 heterocycles. The Bertz CT molecular complexity index is 586. The van der Waals surface area contributed by atoms with E-state index in [4.69, 9.17) is 12.2 Å². The van der Waals surface area contributed by atoms with Gasteiger partial charge in [-0.15, -0.1) is 0 Å². The van der Waals surface area contributed by atoms with Crippen molar-refractivity contribution in [3.63, 3.8) is 0 Å². The van der Waals surface area contributed by atoms with Crippen molar-refractivity contribution in [3.05, 3.63) is 42.0 Å². The summed E-state index contributed by atoms with van der Waals surface area (Å²) in [5.74, 6) is -0.347. The van der Waals surface area contributed by atoms with Crippen LogP contribution in [0.2, 0.25) is 0 Å². The van der Waals surface area contributed by atoms with E-state index in [-0.39, 0.29) is 17.9 Å². The summed E-state index contributed by atoms with van der Waals surface area (Å²) in [6.45, 7) is 3.05. The summed E-state index contributed by atoms with van der Waals surface area (Å²) in [5.41, 5.74) is 0.937. The average Bonchev–Trinajstić information content (AvgIpc) is 2.53. The van der Waals surface area contributed by atoms with E-state index >= 15 is 0 Å².